The zero-order valence-electron chi connectivity index (χ0n) is 13.8. The quantitative estimate of drug-likeness (QED) is 0.521. The molecule has 0 spiro atoms. The first kappa shape index (κ1) is 17.0. The normalized spacial score (nSPS) is 10.1. The number of ketones is 1. The average Bonchev–Trinajstić information content (AvgIpc) is 2.68. The van der Waals surface area contributed by atoms with Gasteiger partial charge in [0.2, 0.25) is 11.5 Å². The molecule has 0 fully saturated rings. The zero-order chi connectivity index (χ0) is 18.4. The van der Waals surface area contributed by atoms with Gasteiger partial charge in [0.05, 0.1) is 24.5 Å². The van der Waals surface area contributed by atoms with Gasteiger partial charge in [-0.25, -0.2) is 19.8 Å². The number of nitrogen functional groups attached to an aromatic ring is 1. The van der Waals surface area contributed by atoms with Crippen molar-refractivity contribution in [1.82, 2.24) is 19.9 Å². The first-order valence-electron chi connectivity index (χ1n) is 7.76. The molecule has 0 aromatic carbocycles. The van der Waals surface area contributed by atoms with E-state index in [0.29, 0.717) is 18.1 Å². The Kier molecular flexibility index (Phi) is 5.10. The molecule has 0 unspecified atom stereocenters. The van der Waals surface area contributed by atoms with Gasteiger partial charge in [-0.05, 0) is 29.8 Å². The van der Waals surface area contributed by atoms with E-state index in [4.69, 9.17) is 12.3 Å². The Bertz CT molecular complexity index is 964. The third-order valence-electron chi connectivity index (χ3n) is 3.56. The van der Waals surface area contributed by atoms with Crippen LogP contribution >= 0.6 is 0 Å². The van der Waals surface area contributed by atoms with Gasteiger partial charge in [-0.15, -0.1) is 0 Å². The summed E-state index contributed by atoms with van der Waals surface area (Å²) in [5.74, 6) is 0.291. The number of nitrogens with two attached hydrogens (primary N) is 1. The van der Waals surface area contributed by atoms with Crippen molar-refractivity contribution in [3.8, 4) is 0 Å². The molecular weight excluding hydrogens is 330 g/mol. The maximum absolute atomic E-state index is 12.3. The van der Waals surface area contributed by atoms with Crippen LogP contribution in [0.15, 0.2) is 49.1 Å². The SMILES string of the molecule is [C-]#[N+]c1cnc(C(=O)Cc2ccnc(CNc3cccnc3N)c2)nc1. The standard InChI is InChI=1S/C18H15N7O/c1-20-14-10-24-18(25-11-14)16(26)8-12-4-6-21-13(7-12)9-23-15-3-2-5-22-17(15)19/h2-7,10-11,23H,8-9H2,(H2,19,22). The summed E-state index contributed by atoms with van der Waals surface area (Å²) in [6.45, 7) is 7.33. The van der Waals surface area contributed by atoms with Gasteiger partial charge in [-0.1, -0.05) is 0 Å². The summed E-state index contributed by atoms with van der Waals surface area (Å²) < 4.78 is 0. The number of Topliss-reactive ketones (excluding diaryl/α,β-unsaturated/α-hetero) is 1. The molecule has 26 heavy (non-hydrogen) atoms. The van der Waals surface area contributed by atoms with Crippen LogP contribution in [0.1, 0.15) is 21.9 Å². The summed E-state index contributed by atoms with van der Waals surface area (Å²) in [4.78, 5) is 31.6. The van der Waals surface area contributed by atoms with E-state index >= 15 is 0 Å². The van der Waals surface area contributed by atoms with Gasteiger partial charge in [0.15, 0.2) is 5.82 Å². The second-order valence-electron chi connectivity index (χ2n) is 5.42. The Hall–Kier alpha value is -3.86. The molecule has 3 rings (SSSR count). The number of aromatic nitrogens is 4. The Labute approximate surface area is 150 Å². The van der Waals surface area contributed by atoms with Crippen molar-refractivity contribution < 1.29 is 4.79 Å². The van der Waals surface area contributed by atoms with E-state index in [1.165, 1.54) is 12.4 Å². The highest BCUT2D eigenvalue weighted by Crippen LogP contribution is 2.15. The molecule has 128 valence electrons. The van der Waals surface area contributed by atoms with E-state index in [-0.39, 0.29) is 18.0 Å². The molecule has 3 aromatic rings. The second kappa shape index (κ2) is 7.81. The van der Waals surface area contributed by atoms with Crippen LogP contribution < -0.4 is 11.1 Å². The number of rotatable bonds is 6. The Morgan fingerprint density at radius 2 is 1.96 bits per heavy atom. The average molecular weight is 345 g/mol. The molecule has 0 atom stereocenters. The molecule has 8 heteroatoms. The van der Waals surface area contributed by atoms with Crippen molar-refractivity contribution >= 4 is 23.0 Å². The molecule has 0 saturated carbocycles. The fourth-order valence-corrected chi connectivity index (χ4v) is 2.27. The van der Waals surface area contributed by atoms with Crippen LogP contribution in [-0.2, 0) is 13.0 Å². The highest BCUT2D eigenvalue weighted by Gasteiger charge is 2.11. The minimum absolute atomic E-state index is 0.0945. The maximum Gasteiger partial charge on any atom is 0.222 e. The van der Waals surface area contributed by atoms with Gasteiger partial charge < -0.3 is 11.1 Å². The smallest absolute Gasteiger partial charge is 0.222 e. The Morgan fingerprint density at radius 3 is 2.69 bits per heavy atom. The van der Waals surface area contributed by atoms with Crippen LogP contribution in [0.2, 0.25) is 0 Å². The highest BCUT2D eigenvalue weighted by atomic mass is 16.1. The molecule has 0 saturated heterocycles. The summed E-state index contributed by atoms with van der Waals surface area (Å²) in [7, 11) is 0. The molecule has 0 aliphatic heterocycles. The summed E-state index contributed by atoms with van der Waals surface area (Å²) in [5, 5.41) is 3.17. The number of nitrogens with zero attached hydrogens (tertiary/aromatic N) is 5. The summed E-state index contributed by atoms with van der Waals surface area (Å²) in [5.41, 5.74) is 8.39. The third kappa shape index (κ3) is 4.15. The van der Waals surface area contributed by atoms with E-state index in [1.807, 2.05) is 12.1 Å². The molecule has 0 aliphatic carbocycles. The monoisotopic (exact) mass is 345 g/mol. The topological polar surface area (TPSA) is 111 Å². The van der Waals surface area contributed by atoms with E-state index in [2.05, 4.69) is 30.1 Å². The number of nitrogens with one attached hydrogen (secondary N) is 1. The van der Waals surface area contributed by atoms with Gasteiger partial charge in [-0.2, -0.15) is 0 Å². The molecule has 8 nitrogen and oxygen atoms in total. The van der Waals surface area contributed by atoms with Gasteiger partial charge in [0.25, 0.3) is 0 Å². The molecular formula is C18H15N7O. The fraction of sp³-hybridized carbons (Fsp3) is 0.111. The van der Waals surface area contributed by atoms with Gasteiger partial charge in [-0.3, -0.25) is 9.78 Å². The van der Waals surface area contributed by atoms with Crippen LogP contribution in [-0.4, -0.2) is 25.7 Å². The number of pyridine rings is 2. The molecule has 0 radical (unpaired) electrons. The predicted octanol–water partition coefficient (Wildman–Crippen LogP) is 2.44. The molecule has 0 amide bonds. The first-order chi connectivity index (χ1) is 12.7. The minimum atomic E-state index is -0.219. The number of carbonyl (C=O) groups excluding carboxylic acids is 1. The van der Waals surface area contributed by atoms with Crippen molar-refractivity contribution in [2.45, 2.75) is 13.0 Å². The first-order valence-corrected chi connectivity index (χ1v) is 7.76. The second-order valence-corrected chi connectivity index (χ2v) is 5.42. The maximum atomic E-state index is 12.3. The van der Waals surface area contributed by atoms with Gasteiger partial charge in [0.1, 0.15) is 5.82 Å². The van der Waals surface area contributed by atoms with Crippen molar-refractivity contribution in [2.24, 2.45) is 0 Å². The number of anilines is 2. The predicted molar refractivity (Wildman–Crippen MR) is 96.5 cm³/mol. The lowest BCUT2D eigenvalue weighted by Crippen LogP contribution is -2.09. The van der Waals surface area contributed by atoms with Crippen LogP contribution in [0, 0.1) is 6.57 Å². The molecule has 3 heterocycles. The molecule has 3 aromatic heterocycles. The highest BCUT2D eigenvalue weighted by molar-refractivity contribution is 5.94. The largest absolute Gasteiger partial charge is 0.382 e. The molecule has 0 aliphatic rings. The van der Waals surface area contributed by atoms with Crippen LogP contribution in [0.4, 0.5) is 17.2 Å². The summed E-state index contributed by atoms with van der Waals surface area (Å²) in [6.07, 6.45) is 6.11. The van der Waals surface area contributed by atoms with E-state index in [1.54, 1.807) is 24.5 Å². The number of hydrogen-bond acceptors (Lipinski definition) is 7. The van der Waals surface area contributed by atoms with Crippen molar-refractivity contribution in [3.63, 3.8) is 0 Å². The van der Waals surface area contributed by atoms with E-state index in [9.17, 15) is 4.79 Å². The minimum Gasteiger partial charge on any atom is -0.382 e. The van der Waals surface area contributed by atoms with Crippen molar-refractivity contribution in [1.29, 1.82) is 0 Å². The van der Waals surface area contributed by atoms with Gasteiger partial charge >= 0.3 is 0 Å². The Morgan fingerprint density at radius 1 is 1.15 bits per heavy atom. The van der Waals surface area contributed by atoms with Crippen LogP contribution in [0.3, 0.4) is 0 Å². The zero-order valence-corrected chi connectivity index (χ0v) is 13.8. The summed E-state index contributed by atoms with van der Waals surface area (Å²) >= 11 is 0. The van der Waals surface area contributed by atoms with E-state index < -0.39 is 0 Å². The molecule has 3 N–H and O–H groups in total. The number of carbonyl (C=O) groups is 1. The van der Waals surface area contributed by atoms with Gasteiger partial charge in [0, 0.05) is 31.2 Å². The lowest BCUT2D eigenvalue weighted by Gasteiger charge is -2.08. The lowest BCUT2D eigenvalue weighted by atomic mass is 10.1. The van der Waals surface area contributed by atoms with Crippen LogP contribution in [0.25, 0.3) is 4.85 Å². The van der Waals surface area contributed by atoms with Crippen LogP contribution in [0.5, 0.6) is 0 Å². The third-order valence-corrected chi connectivity index (χ3v) is 3.56. The van der Waals surface area contributed by atoms with E-state index in [0.717, 1.165) is 16.9 Å². The van der Waals surface area contributed by atoms with Crippen molar-refractivity contribution in [2.75, 3.05) is 11.1 Å². The number of hydrogen-bond donors (Lipinski definition) is 2. The lowest BCUT2D eigenvalue weighted by molar-refractivity contribution is 0.0983. The fourth-order valence-electron chi connectivity index (χ4n) is 2.27. The summed E-state index contributed by atoms with van der Waals surface area (Å²) in [6, 6.07) is 7.23. The Balaban J connectivity index is 1.66. The molecule has 0 bridgehead atoms. The van der Waals surface area contributed by atoms with Crippen molar-refractivity contribution in [3.05, 3.63) is 77.6 Å².